The van der Waals surface area contributed by atoms with Gasteiger partial charge in [-0.25, -0.2) is 4.79 Å². The molecule has 2 aliphatic rings. The van der Waals surface area contributed by atoms with Crippen molar-refractivity contribution < 1.29 is 9.59 Å². The minimum atomic E-state index is -1.06. The maximum atomic E-state index is 12.7. The number of hydrogen-bond donors (Lipinski definition) is 2. The van der Waals surface area contributed by atoms with E-state index in [1.807, 2.05) is 25.1 Å². The summed E-state index contributed by atoms with van der Waals surface area (Å²) in [5.41, 5.74) is 0.539. The quantitative estimate of drug-likeness (QED) is 0.804. The molecule has 2 N–H and O–H groups in total. The number of urea groups is 1. The molecule has 2 saturated heterocycles. The smallest absolute Gasteiger partial charge is 0.322 e. The van der Waals surface area contributed by atoms with E-state index >= 15 is 0 Å². The zero-order valence-corrected chi connectivity index (χ0v) is 14.5. The third-order valence-electron chi connectivity index (χ3n) is 5.23. The summed E-state index contributed by atoms with van der Waals surface area (Å²) in [4.78, 5) is 30.9. The number of piperidine rings is 1. The maximum Gasteiger partial charge on any atom is 0.322 e. The molecule has 0 unspecified atom stereocenters. The van der Waals surface area contributed by atoms with Gasteiger partial charge in [0.2, 0.25) is 0 Å². The first-order valence-electron chi connectivity index (χ1n) is 8.69. The van der Waals surface area contributed by atoms with Crippen LogP contribution in [0.4, 0.5) is 10.6 Å². The molecule has 0 aromatic carbocycles. The third kappa shape index (κ3) is 2.67. The van der Waals surface area contributed by atoms with Crippen LogP contribution in [-0.4, -0.2) is 40.2 Å². The first-order valence-corrected chi connectivity index (χ1v) is 8.69. The fraction of sp³-hybridized carbons (Fsp3) is 0.389. The van der Waals surface area contributed by atoms with Crippen molar-refractivity contribution >= 4 is 17.8 Å². The summed E-state index contributed by atoms with van der Waals surface area (Å²) in [6, 6.07) is 7.08. The van der Waals surface area contributed by atoms with E-state index < -0.39 is 11.6 Å². The second-order valence-electron chi connectivity index (χ2n) is 6.75. The first-order chi connectivity index (χ1) is 12.6. The molecule has 134 valence electrons. The Balaban J connectivity index is 1.58. The van der Waals surface area contributed by atoms with Gasteiger partial charge in [0.05, 0.1) is 5.69 Å². The fourth-order valence-electron chi connectivity index (χ4n) is 3.89. The van der Waals surface area contributed by atoms with Crippen LogP contribution >= 0.6 is 0 Å². The molecule has 8 heteroatoms. The molecular weight excluding hydrogens is 332 g/mol. The van der Waals surface area contributed by atoms with Crippen LogP contribution in [-0.2, 0) is 10.3 Å². The Hall–Kier alpha value is -3.03. The molecule has 3 amide bonds. The number of carbonyl (C=O) groups excluding carboxylic acids is 2. The zero-order valence-electron chi connectivity index (χ0n) is 14.5. The zero-order chi connectivity index (χ0) is 18.1. The highest BCUT2D eigenvalue weighted by molar-refractivity contribution is 6.07. The number of nitrogens with one attached hydrogen (secondary N) is 2. The van der Waals surface area contributed by atoms with E-state index in [9.17, 15) is 9.59 Å². The van der Waals surface area contributed by atoms with Crippen molar-refractivity contribution in [3.63, 3.8) is 0 Å². The number of hydrogen-bond acceptors (Lipinski definition) is 6. The van der Waals surface area contributed by atoms with Gasteiger partial charge in [-0.1, -0.05) is 6.07 Å². The second-order valence-corrected chi connectivity index (χ2v) is 6.75. The number of anilines is 1. The minimum Gasteiger partial charge on any atom is -0.355 e. The van der Waals surface area contributed by atoms with E-state index in [-0.39, 0.29) is 11.8 Å². The van der Waals surface area contributed by atoms with E-state index in [0.717, 1.165) is 43.0 Å². The van der Waals surface area contributed by atoms with Crippen LogP contribution in [0.2, 0.25) is 0 Å². The highest BCUT2D eigenvalue weighted by Gasteiger charge is 2.53. The van der Waals surface area contributed by atoms with Gasteiger partial charge in [-0.2, -0.15) is 5.10 Å². The van der Waals surface area contributed by atoms with Crippen LogP contribution in [0.1, 0.15) is 24.1 Å². The van der Waals surface area contributed by atoms with Gasteiger partial charge in [-0.3, -0.25) is 15.1 Å². The Morgan fingerprint density at radius 3 is 2.54 bits per heavy atom. The van der Waals surface area contributed by atoms with Crippen molar-refractivity contribution in [2.45, 2.75) is 25.3 Å². The van der Waals surface area contributed by atoms with Gasteiger partial charge < -0.3 is 10.2 Å². The molecule has 2 aromatic rings. The maximum absolute atomic E-state index is 12.7. The summed E-state index contributed by atoms with van der Waals surface area (Å²) in [5.74, 6) is 0.515. The van der Waals surface area contributed by atoms with E-state index in [1.54, 1.807) is 18.5 Å². The van der Waals surface area contributed by atoms with E-state index in [0.29, 0.717) is 0 Å². The summed E-state index contributed by atoms with van der Waals surface area (Å²) in [6.07, 6.45) is 4.81. The van der Waals surface area contributed by atoms with Crippen LogP contribution in [0.15, 0.2) is 36.7 Å². The van der Waals surface area contributed by atoms with Gasteiger partial charge in [-0.05, 0) is 43.9 Å². The standard InChI is InChI=1S/C18H20N6O2/c1-12-4-5-15(23-22-12)24-9-6-13(7-10-24)18(14-3-2-8-19-11-14)16(25)20-17(26)21-18/h2-5,8,11,13H,6-7,9-10H2,1H3,(H2,20,21,25,26)/t18-/m1/s1. The van der Waals surface area contributed by atoms with Gasteiger partial charge in [-0.15, -0.1) is 5.10 Å². The van der Waals surface area contributed by atoms with Gasteiger partial charge in [0.25, 0.3) is 5.91 Å². The lowest BCUT2D eigenvalue weighted by Gasteiger charge is -2.40. The number of aryl methyl sites for hydroxylation is 1. The van der Waals surface area contributed by atoms with Gasteiger partial charge in [0.15, 0.2) is 11.4 Å². The Bertz CT molecular complexity index is 817. The molecule has 1 atom stereocenters. The molecule has 2 fully saturated rings. The number of nitrogens with zero attached hydrogens (tertiary/aromatic N) is 4. The highest BCUT2D eigenvalue weighted by Crippen LogP contribution is 2.39. The van der Waals surface area contributed by atoms with Crippen molar-refractivity contribution in [1.82, 2.24) is 25.8 Å². The lowest BCUT2D eigenvalue weighted by atomic mass is 9.73. The van der Waals surface area contributed by atoms with Crippen LogP contribution in [0.3, 0.4) is 0 Å². The van der Waals surface area contributed by atoms with Crippen LogP contribution in [0.5, 0.6) is 0 Å². The molecular formula is C18H20N6O2. The number of aromatic nitrogens is 3. The summed E-state index contributed by atoms with van der Waals surface area (Å²) >= 11 is 0. The third-order valence-corrected chi connectivity index (χ3v) is 5.23. The topological polar surface area (TPSA) is 100 Å². The van der Waals surface area contributed by atoms with E-state index in [1.165, 1.54) is 0 Å². The Morgan fingerprint density at radius 1 is 1.15 bits per heavy atom. The normalized spacial score (nSPS) is 23.7. The Labute approximate surface area is 151 Å². The summed E-state index contributed by atoms with van der Waals surface area (Å²) in [5, 5.41) is 13.6. The van der Waals surface area contributed by atoms with E-state index in [4.69, 9.17) is 0 Å². The predicted molar refractivity (Wildman–Crippen MR) is 94.3 cm³/mol. The molecule has 8 nitrogen and oxygen atoms in total. The molecule has 2 aromatic heterocycles. The molecule has 0 saturated carbocycles. The van der Waals surface area contributed by atoms with Crippen molar-refractivity contribution in [3.05, 3.63) is 47.9 Å². The van der Waals surface area contributed by atoms with Crippen LogP contribution < -0.4 is 15.5 Å². The van der Waals surface area contributed by atoms with Gasteiger partial charge in [0, 0.05) is 31.0 Å². The SMILES string of the molecule is Cc1ccc(N2CCC([C@]3(c4cccnc4)NC(=O)NC3=O)CC2)nn1. The van der Waals surface area contributed by atoms with Crippen molar-refractivity contribution in [1.29, 1.82) is 0 Å². The summed E-state index contributed by atoms with van der Waals surface area (Å²) < 4.78 is 0. The Morgan fingerprint density at radius 2 is 1.96 bits per heavy atom. The largest absolute Gasteiger partial charge is 0.355 e. The molecule has 0 radical (unpaired) electrons. The number of pyridine rings is 1. The Kier molecular flexibility index (Phi) is 4.02. The van der Waals surface area contributed by atoms with Crippen molar-refractivity contribution in [2.24, 2.45) is 5.92 Å². The van der Waals surface area contributed by atoms with Crippen LogP contribution in [0.25, 0.3) is 0 Å². The second kappa shape index (κ2) is 6.36. The molecule has 4 rings (SSSR count). The van der Waals surface area contributed by atoms with Gasteiger partial charge in [0.1, 0.15) is 0 Å². The minimum absolute atomic E-state index is 0.0205. The molecule has 2 aliphatic heterocycles. The molecule has 4 heterocycles. The first kappa shape index (κ1) is 16.4. The molecule has 0 spiro atoms. The summed E-state index contributed by atoms with van der Waals surface area (Å²) in [6.45, 7) is 3.39. The predicted octanol–water partition coefficient (Wildman–Crippen LogP) is 1.13. The van der Waals surface area contributed by atoms with Crippen molar-refractivity contribution in [2.75, 3.05) is 18.0 Å². The molecule has 0 aliphatic carbocycles. The lowest BCUT2D eigenvalue weighted by molar-refractivity contribution is -0.126. The number of imide groups is 1. The van der Waals surface area contributed by atoms with E-state index in [2.05, 4.69) is 30.7 Å². The summed E-state index contributed by atoms with van der Waals surface area (Å²) in [7, 11) is 0. The molecule has 0 bridgehead atoms. The van der Waals surface area contributed by atoms with Crippen LogP contribution in [0, 0.1) is 12.8 Å². The lowest BCUT2D eigenvalue weighted by Crippen LogP contribution is -2.53. The highest BCUT2D eigenvalue weighted by atomic mass is 16.2. The average molecular weight is 352 g/mol. The number of rotatable bonds is 3. The monoisotopic (exact) mass is 352 g/mol. The number of carbonyl (C=O) groups is 2. The van der Waals surface area contributed by atoms with Gasteiger partial charge >= 0.3 is 6.03 Å². The fourth-order valence-corrected chi connectivity index (χ4v) is 3.89. The van der Waals surface area contributed by atoms with Crippen molar-refractivity contribution in [3.8, 4) is 0 Å². The average Bonchev–Trinajstić information content (AvgIpc) is 2.98. The number of amides is 3. The molecule has 26 heavy (non-hydrogen) atoms.